The summed E-state index contributed by atoms with van der Waals surface area (Å²) in [6, 6.07) is 0. The van der Waals surface area contributed by atoms with Crippen LogP contribution in [-0.2, 0) is 0 Å². The van der Waals surface area contributed by atoms with E-state index in [2.05, 4.69) is 0 Å². The zero-order chi connectivity index (χ0) is 4.50. The van der Waals surface area contributed by atoms with Gasteiger partial charge in [-0.1, -0.05) is 0 Å². The second kappa shape index (κ2) is 13.2. The van der Waals surface area contributed by atoms with Gasteiger partial charge in [0.15, 0.2) is 0 Å². The van der Waals surface area contributed by atoms with Gasteiger partial charge in [-0.25, -0.2) is 0 Å². The quantitative estimate of drug-likeness (QED) is 0.343. The standard InChI is InChI=1S/2Mg.Na.O4Si.H2O/c;;;1-5(2,3)4;/h;;;;1H2/q2*+2;+1;-4;/p-1. The molecule has 40 valence electrons. The van der Waals surface area contributed by atoms with Crippen LogP contribution in [0.4, 0.5) is 0 Å². The topological polar surface area (TPSA) is 122 Å². The molecule has 0 aliphatic heterocycles. The maximum atomic E-state index is 8.58. The Morgan fingerprint density at radius 2 is 0.778 bits per heavy atom. The van der Waals surface area contributed by atoms with E-state index in [1.165, 1.54) is 0 Å². The summed E-state index contributed by atoms with van der Waals surface area (Å²) in [6.45, 7) is 0. The zero-order valence-electron chi connectivity index (χ0n) is 4.99. The summed E-state index contributed by atoms with van der Waals surface area (Å²) >= 11 is 0. The van der Waals surface area contributed by atoms with E-state index in [0.717, 1.165) is 0 Å². The average Bonchev–Trinajstić information content (AvgIpc) is 0.722. The molecule has 9 heavy (non-hydrogen) atoms. The molecule has 0 bridgehead atoms. The van der Waals surface area contributed by atoms with Crippen LogP contribution in [0.3, 0.4) is 0 Å². The molecule has 0 saturated carbocycles. The molecular weight excluding hydrogens is 180 g/mol. The van der Waals surface area contributed by atoms with Gasteiger partial charge in [-0.2, -0.15) is 0 Å². The Kier molecular flexibility index (Phi) is 43.8. The number of hydrogen-bond donors (Lipinski definition) is 0. The Hall–Kier alpha value is 2.55. The third-order valence-electron chi connectivity index (χ3n) is 0. The Labute approximate surface area is 108 Å². The molecule has 0 aliphatic rings. The van der Waals surface area contributed by atoms with Crippen molar-refractivity contribution in [1.29, 1.82) is 0 Å². The first-order valence-corrected chi connectivity index (χ1v) is 2.45. The van der Waals surface area contributed by atoms with E-state index in [-0.39, 0.29) is 81.1 Å². The first kappa shape index (κ1) is 30.0. The minimum Gasteiger partial charge on any atom is -0.894 e. The van der Waals surface area contributed by atoms with Crippen LogP contribution in [0.2, 0.25) is 0 Å². The van der Waals surface area contributed by atoms with Gasteiger partial charge >= 0.3 is 75.7 Å². The van der Waals surface area contributed by atoms with E-state index in [4.69, 9.17) is 19.2 Å². The monoisotopic (exact) mass is 180 g/mol. The van der Waals surface area contributed by atoms with Gasteiger partial charge < -0.3 is 33.7 Å². The molecule has 1 N–H and O–H groups in total. The summed E-state index contributed by atoms with van der Waals surface area (Å²) < 4.78 is 0. The molecule has 0 aromatic rings. The summed E-state index contributed by atoms with van der Waals surface area (Å²) in [4.78, 5) is 34.3. The first-order valence-electron chi connectivity index (χ1n) is 0.816. The molecule has 0 unspecified atom stereocenters. The van der Waals surface area contributed by atoms with E-state index < -0.39 is 9.05 Å². The molecule has 0 aromatic heterocycles. The predicted octanol–water partition coefficient (Wildman–Crippen LogP) is -9.07. The Morgan fingerprint density at radius 1 is 0.778 bits per heavy atom. The second-order valence-corrected chi connectivity index (χ2v) is 1.50. The van der Waals surface area contributed by atoms with Gasteiger partial charge in [0.2, 0.25) is 0 Å². The van der Waals surface area contributed by atoms with E-state index in [1.54, 1.807) is 0 Å². The van der Waals surface area contributed by atoms with Crippen LogP contribution in [0, 0.1) is 0 Å². The van der Waals surface area contributed by atoms with Crippen LogP contribution >= 0.6 is 0 Å². The Bertz CT molecular complexity index is 30.4. The van der Waals surface area contributed by atoms with Crippen LogP contribution < -0.4 is 48.7 Å². The Balaban J connectivity index is -0.0000000133. The summed E-state index contributed by atoms with van der Waals surface area (Å²) in [5.74, 6) is 0. The Morgan fingerprint density at radius 3 is 0.778 bits per heavy atom. The third-order valence-corrected chi connectivity index (χ3v) is 0. The van der Waals surface area contributed by atoms with Crippen LogP contribution in [-0.4, -0.2) is 60.6 Å². The van der Waals surface area contributed by atoms with Gasteiger partial charge in [0.1, 0.15) is 0 Å². The summed E-state index contributed by atoms with van der Waals surface area (Å²) in [5, 5.41) is 0. The van der Waals surface area contributed by atoms with E-state index in [0.29, 0.717) is 0 Å². The fourth-order valence-corrected chi connectivity index (χ4v) is 0. The molecule has 0 heterocycles. The second-order valence-electron chi connectivity index (χ2n) is 0.500. The molecule has 0 spiro atoms. The molecule has 5 nitrogen and oxygen atoms in total. The van der Waals surface area contributed by atoms with Crippen molar-refractivity contribution in [1.82, 2.24) is 0 Å². The van der Waals surface area contributed by atoms with E-state index in [1.807, 2.05) is 0 Å². The molecule has 0 amide bonds. The van der Waals surface area contributed by atoms with Crippen LogP contribution in [0.5, 0.6) is 0 Å². The fourth-order valence-electron chi connectivity index (χ4n) is 0. The molecule has 0 rings (SSSR count). The van der Waals surface area contributed by atoms with Crippen molar-refractivity contribution in [3.05, 3.63) is 0 Å². The summed E-state index contributed by atoms with van der Waals surface area (Å²) in [7, 11) is -5.61. The molecule has 0 fully saturated rings. The normalized spacial score (nSPS) is 6.67. The van der Waals surface area contributed by atoms with Crippen molar-refractivity contribution in [3.8, 4) is 0 Å². The van der Waals surface area contributed by atoms with Gasteiger partial charge in [-0.15, -0.1) is 0 Å². The van der Waals surface area contributed by atoms with Gasteiger partial charge in [0, 0.05) is 0 Å². The predicted molar refractivity (Wildman–Crippen MR) is 19.2 cm³/mol. The van der Waals surface area contributed by atoms with Gasteiger partial charge in [0.05, 0.1) is 0 Å². The van der Waals surface area contributed by atoms with E-state index in [9.17, 15) is 0 Å². The molecule has 0 aromatic carbocycles. The minimum atomic E-state index is -5.61. The van der Waals surface area contributed by atoms with Crippen molar-refractivity contribution < 1.29 is 54.2 Å². The van der Waals surface area contributed by atoms with Gasteiger partial charge in [0.25, 0.3) is 0 Å². The zero-order valence-corrected chi connectivity index (χ0v) is 10.8. The van der Waals surface area contributed by atoms with Gasteiger partial charge in [-0.05, 0) is 0 Å². The minimum absolute atomic E-state index is 0. The average molecular weight is 181 g/mol. The van der Waals surface area contributed by atoms with Crippen LogP contribution in [0.25, 0.3) is 0 Å². The SMILES string of the molecule is [Mg+2].[Mg+2].[Na+].[O-][Si]([O-])([O-])[O-].[OH-]. The summed E-state index contributed by atoms with van der Waals surface area (Å²) in [5.41, 5.74) is 0. The van der Waals surface area contributed by atoms with Crippen molar-refractivity contribution in [3.63, 3.8) is 0 Å². The van der Waals surface area contributed by atoms with Crippen LogP contribution in [0.1, 0.15) is 0 Å². The summed E-state index contributed by atoms with van der Waals surface area (Å²) in [6.07, 6.45) is 0. The van der Waals surface area contributed by atoms with Crippen molar-refractivity contribution in [2.75, 3.05) is 0 Å². The maximum Gasteiger partial charge on any atom is 2.00 e. The number of rotatable bonds is 0. The molecular formula is HMg2NaO5Si. The molecule has 0 saturated heterocycles. The van der Waals surface area contributed by atoms with Crippen molar-refractivity contribution in [2.24, 2.45) is 0 Å². The molecule has 0 atom stereocenters. The van der Waals surface area contributed by atoms with E-state index >= 15 is 0 Å². The molecule has 0 radical (unpaired) electrons. The van der Waals surface area contributed by atoms with Crippen molar-refractivity contribution >= 4 is 55.2 Å². The van der Waals surface area contributed by atoms with Gasteiger partial charge in [-0.3, -0.25) is 0 Å². The first-order chi connectivity index (χ1) is 2.00. The third kappa shape index (κ3) is 119. The largest absolute Gasteiger partial charge is 2.00 e. The number of hydrogen-bond acceptors (Lipinski definition) is 5. The molecule has 9 heteroatoms. The van der Waals surface area contributed by atoms with Crippen molar-refractivity contribution in [2.45, 2.75) is 0 Å². The maximum absolute atomic E-state index is 8.58. The smallest absolute Gasteiger partial charge is 0.894 e. The van der Waals surface area contributed by atoms with Crippen LogP contribution in [0.15, 0.2) is 0 Å². The molecule has 0 aliphatic carbocycles. The fraction of sp³-hybridized carbons (Fsp3) is 0.